The minimum absolute atomic E-state index is 0.209. The lowest BCUT2D eigenvalue weighted by molar-refractivity contribution is -0.186. The normalized spacial score (nSPS) is 22.5. The third-order valence-corrected chi connectivity index (χ3v) is 4.61. The zero-order valence-electron chi connectivity index (χ0n) is 16.6. The maximum atomic E-state index is 12.5. The number of benzene rings is 2. The lowest BCUT2D eigenvalue weighted by Gasteiger charge is -2.38. The number of ether oxygens (including phenoxy) is 3. The van der Waals surface area contributed by atoms with Crippen molar-refractivity contribution in [3.05, 3.63) is 83.9 Å². The highest BCUT2D eigenvalue weighted by molar-refractivity contribution is 6.00. The molecule has 0 radical (unpaired) electrons. The number of esters is 3. The SMILES string of the molecule is CC(=O)O[C@H]1[C@H](OC(=O)c2ccccc2)C=CC(=O)[C@]1(O)COC(=O)c1ccccc1. The van der Waals surface area contributed by atoms with Crippen LogP contribution in [0.15, 0.2) is 72.8 Å². The molecule has 0 saturated heterocycles. The van der Waals surface area contributed by atoms with Gasteiger partial charge in [-0.3, -0.25) is 9.59 Å². The zero-order chi connectivity index (χ0) is 22.4. The zero-order valence-corrected chi connectivity index (χ0v) is 16.6. The molecule has 0 fully saturated rings. The second-order valence-electron chi connectivity index (χ2n) is 6.86. The van der Waals surface area contributed by atoms with E-state index >= 15 is 0 Å². The van der Waals surface area contributed by atoms with Crippen molar-refractivity contribution in [3.63, 3.8) is 0 Å². The van der Waals surface area contributed by atoms with Crippen LogP contribution in [-0.4, -0.2) is 53.2 Å². The minimum Gasteiger partial charge on any atom is -0.458 e. The molecule has 8 heteroatoms. The summed E-state index contributed by atoms with van der Waals surface area (Å²) in [6, 6.07) is 16.0. The Balaban J connectivity index is 1.82. The average molecular weight is 424 g/mol. The van der Waals surface area contributed by atoms with Crippen LogP contribution in [0.2, 0.25) is 0 Å². The van der Waals surface area contributed by atoms with Crippen molar-refractivity contribution < 1.29 is 38.5 Å². The van der Waals surface area contributed by atoms with Crippen LogP contribution < -0.4 is 0 Å². The van der Waals surface area contributed by atoms with Gasteiger partial charge in [-0.2, -0.15) is 0 Å². The molecule has 3 atom stereocenters. The van der Waals surface area contributed by atoms with E-state index in [2.05, 4.69) is 0 Å². The molecule has 1 aliphatic carbocycles. The Kier molecular flexibility index (Phi) is 6.61. The van der Waals surface area contributed by atoms with Gasteiger partial charge in [0.25, 0.3) is 0 Å². The van der Waals surface area contributed by atoms with Crippen LogP contribution in [0.25, 0.3) is 0 Å². The lowest BCUT2D eigenvalue weighted by atomic mass is 9.83. The monoisotopic (exact) mass is 424 g/mol. The number of rotatable bonds is 6. The van der Waals surface area contributed by atoms with E-state index in [4.69, 9.17) is 14.2 Å². The van der Waals surface area contributed by atoms with Crippen LogP contribution in [0.1, 0.15) is 27.6 Å². The summed E-state index contributed by atoms with van der Waals surface area (Å²) in [5, 5.41) is 11.1. The molecule has 0 spiro atoms. The van der Waals surface area contributed by atoms with E-state index in [0.29, 0.717) is 0 Å². The quantitative estimate of drug-likeness (QED) is 0.552. The van der Waals surface area contributed by atoms with Gasteiger partial charge in [-0.25, -0.2) is 9.59 Å². The Morgan fingerprint density at radius 2 is 1.45 bits per heavy atom. The second-order valence-corrected chi connectivity index (χ2v) is 6.86. The first-order chi connectivity index (χ1) is 14.8. The predicted octanol–water partition coefficient (Wildman–Crippen LogP) is 1.87. The van der Waals surface area contributed by atoms with Crippen LogP contribution in [0.3, 0.4) is 0 Å². The number of carbonyl (C=O) groups excluding carboxylic acids is 4. The maximum Gasteiger partial charge on any atom is 0.338 e. The summed E-state index contributed by atoms with van der Waals surface area (Å²) in [6.07, 6.45) is -0.683. The minimum atomic E-state index is -2.44. The molecule has 0 heterocycles. The van der Waals surface area contributed by atoms with Gasteiger partial charge in [-0.05, 0) is 36.4 Å². The number of hydrogen-bond acceptors (Lipinski definition) is 8. The third kappa shape index (κ3) is 5.04. The van der Waals surface area contributed by atoms with Crippen LogP contribution in [0, 0.1) is 0 Å². The van der Waals surface area contributed by atoms with Crippen molar-refractivity contribution in [1.82, 2.24) is 0 Å². The van der Waals surface area contributed by atoms with Crippen molar-refractivity contribution in [2.45, 2.75) is 24.7 Å². The van der Waals surface area contributed by atoms with Gasteiger partial charge in [-0.15, -0.1) is 0 Å². The summed E-state index contributed by atoms with van der Waals surface area (Å²) < 4.78 is 15.6. The van der Waals surface area contributed by atoms with Gasteiger partial charge in [0.05, 0.1) is 11.1 Å². The molecule has 0 aromatic heterocycles. The van der Waals surface area contributed by atoms with Crippen molar-refractivity contribution in [2.75, 3.05) is 6.61 Å². The highest BCUT2D eigenvalue weighted by atomic mass is 16.6. The summed E-state index contributed by atoms with van der Waals surface area (Å²) >= 11 is 0. The Bertz CT molecular complexity index is 999. The Morgan fingerprint density at radius 1 is 0.903 bits per heavy atom. The first-order valence-corrected chi connectivity index (χ1v) is 9.41. The number of carbonyl (C=O) groups is 4. The summed E-state index contributed by atoms with van der Waals surface area (Å²) in [4.78, 5) is 48.8. The van der Waals surface area contributed by atoms with E-state index in [1.807, 2.05) is 0 Å². The van der Waals surface area contributed by atoms with E-state index in [-0.39, 0.29) is 11.1 Å². The van der Waals surface area contributed by atoms with E-state index < -0.39 is 48.1 Å². The van der Waals surface area contributed by atoms with Crippen molar-refractivity contribution in [1.29, 1.82) is 0 Å². The van der Waals surface area contributed by atoms with Gasteiger partial charge < -0.3 is 19.3 Å². The fourth-order valence-corrected chi connectivity index (χ4v) is 3.04. The van der Waals surface area contributed by atoms with Crippen LogP contribution in [-0.2, 0) is 23.8 Å². The van der Waals surface area contributed by atoms with E-state index in [0.717, 1.165) is 13.0 Å². The molecule has 2 aromatic rings. The van der Waals surface area contributed by atoms with Gasteiger partial charge >= 0.3 is 17.9 Å². The molecule has 0 saturated carbocycles. The highest BCUT2D eigenvalue weighted by Crippen LogP contribution is 2.28. The van der Waals surface area contributed by atoms with Gasteiger partial charge in [0.2, 0.25) is 5.60 Å². The average Bonchev–Trinajstić information content (AvgIpc) is 2.78. The fourth-order valence-electron chi connectivity index (χ4n) is 3.04. The largest absolute Gasteiger partial charge is 0.458 e. The van der Waals surface area contributed by atoms with Crippen molar-refractivity contribution in [3.8, 4) is 0 Å². The molecule has 0 aliphatic heterocycles. The predicted molar refractivity (Wildman–Crippen MR) is 107 cm³/mol. The molecule has 0 unspecified atom stereocenters. The maximum absolute atomic E-state index is 12.5. The Labute approximate surface area is 178 Å². The Hall–Kier alpha value is -3.78. The second kappa shape index (κ2) is 9.36. The van der Waals surface area contributed by atoms with E-state index in [1.165, 1.54) is 30.3 Å². The highest BCUT2D eigenvalue weighted by Gasteiger charge is 2.53. The lowest BCUT2D eigenvalue weighted by Crippen LogP contribution is -2.61. The molecule has 3 rings (SSSR count). The number of aliphatic hydroxyl groups is 1. The molecule has 1 N–H and O–H groups in total. The number of hydrogen-bond donors (Lipinski definition) is 1. The molecule has 160 valence electrons. The topological polar surface area (TPSA) is 116 Å². The summed E-state index contributed by atoms with van der Waals surface area (Å²) in [6.45, 7) is 0.274. The van der Waals surface area contributed by atoms with Crippen molar-refractivity contribution in [2.24, 2.45) is 0 Å². The summed E-state index contributed by atoms with van der Waals surface area (Å²) in [5.41, 5.74) is -2.00. The van der Waals surface area contributed by atoms with Gasteiger partial charge in [0.15, 0.2) is 18.0 Å². The summed E-state index contributed by atoms with van der Waals surface area (Å²) in [5.74, 6) is -3.20. The van der Waals surface area contributed by atoms with Crippen LogP contribution >= 0.6 is 0 Å². The molecule has 8 nitrogen and oxygen atoms in total. The molecule has 0 bridgehead atoms. The van der Waals surface area contributed by atoms with E-state index in [1.54, 1.807) is 36.4 Å². The Morgan fingerprint density at radius 3 is 2.00 bits per heavy atom. The number of ketones is 1. The molecular formula is C23H20O8. The van der Waals surface area contributed by atoms with Crippen LogP contribution in [0.4, 0.5) is 0 Å². The first-order valence-electron chi connectivity index (χ1n) is 9.41. The van der Waals surface area contributed by atoms with Gasteiger partial charge in [0, 0.05) is 6.92 Å². The molecular weight excluding hydrogens is 404 g/mol. The molecule has 1 aliphatic rings. The summed E-state index contributed by atoms with van der Waals surface area (Å²) in [7, 11) is 0. The molecule has 0 amide bonds. The van der Waals surface area contributed by atoms with Crippen LogP contribution in [0.5, 0.6) is 0 Å². The van der Waals surface area contributed by atoms with Crippen molar-refractivity contribution >= 4 is 23.7 Å². The van der Waals surface area contributed by atoms with Gasteiger partial charge in [0.1, 0.15) is 6.61 Å². The molecule has 2 aromatic carbocycles. The smallest absolute Gasteiger partial charge is 0.338 e. The van der Waals surface area contributed by atoms with Gasteiger partial charge in [-0.1, -0.05) is 36.4 Å². The molecule has 31 heavy (non-hydrogen) atoms. The fraction of sp³-hybridized carbons (Fsp3) is 0.217. The van der Waals surface area contributed by atoms with E-state index in [9.17, 15) is 24.3 Å². The standard InChI is InChI=1S/C23H20O8/c1-15(24)30-20-18(31-22(27)17-10-6-3-7-11-17)12-13-19(25)23(20,28)14-29-21(26)16-8-4-2-5-9-16/h2-13,18,20,28H,14H2,1H3/t18-,20+,23-/m1/s1. The first kappa shape index (κ1) is 21.9. The third-order valence-electron chi connectivity index (χ3n) is 4.61.